The van der Waals surface area contributed by atoms with E-state index in [1.54, 1.807) is 18.7 Å². The molecule has 3 heterocycles. The highest BCUT2D eigenvalue weighted by Crippen LogP contribution is 2.28. The molecule has 0 fully saturated rings. The lowest BCUT2D eigenvalue weighted by molar-refractivity contribution is -0.663. The second kappa shape index (κ2) is 7.42. The van der Waals surface area contributed by atoms with Gasteiger partial charge >= 0.3 is 11.6 Å². The zero-order valence-corrected chi connectivity index (χ0v) is 17.4. The number of aromatic amines is 1. The average Bonchev–Trinajstić information content (AvgIpc) is 3.12. The third-order valence-corrected chi connectivity index (χ3v) is 5.60. The number of nitrogens with one attached hydrogen (secondary N) is 1. The van der Waals surface area contributed by atoms with E-state index in [0.29, 0.717) is 23.6 Å². The van der Waals surface area contributed by atoms with E-state index in [4.69, 9.17) is 4.74 Å². The maximum absolute atomic E-state index is 13.3. The first kappa shape index (κ1) is 19.3. The van der Waals surface area contributed by atoms with E-state index < -0.39 is 0 Å². The zero-order chi connectivity index (χ0) is 20.7. The van der Waals surface area contributed by atoms with Gasteiger partial charge in [-0.05, 0) is 24.5 Å². The molecule has 0 unspecified atom stereocenters. The van der Waals surface area contributed by atoms with Crippen molar-refractivity contribution in [2.45, 2.75) is 39.8 Å². The molecule has 1 aliphatic heterocycles. The molecule has 0 aliphatic carbocycles. The van der Waals surface area contributed by atoms with E-state index in [-0.39, 0.29) is 11.2 Å². The molecular weight excluding hydrogens is 370 g/mol. The third kappa shape index (κ3) is 3.22. The van der Waals surface area contributed by atoms with Gasteiger partial charge in [0.25, 0.3) is 5.56 Å². The molecule has 3 aromatic rings. The van der Waals surface area contributed by atoms with Crippen molar-refractivity contribution in [1.82, 2.24) is 14.1 Å². The molecule has 8 heteroatoms. The van der Waals surface area contributed by atoms with Crippen LogP contribution in [0.5, 0.6) is 5.75 Å². The lowest BCUT2D eigenvalue weighted by atomic mass is 10.1. The predicted octanol–water partition coefficient (Wildman–Crippen LogP) is 1.91. The number of ether oxygens (including phenoxy) is 1. The molecule has 0 saturated heterocycles. The minimum Gasteiger partial charge on any atom is -0.497 e. The highest BCUT2D eigenvalue weighted by atomic mass is 16.5. The van der Waals surface area contributed by atoms with Gasteiger partial charge in [0.05, 0.1) is 20.2 Å². The number of nitrogens with zero attached hydrogens (tertiary/aromatic N) is 4. The van der Waals surface area contributed by atoms with Crippen LogP contribution in [0.2, 0.25) is 0 Å². The second-order valence-electron chi connectivity index (χ2n) is 7.99. The zero-order valence-electron chi connectivity index (χ0n) is 17.4. The molecule has 8 nitrogen and oxygen atoms in total. The van der Waals surface area contributed by atoms with Crippen molar-refractivity contribution in [3.05, 3.63) is 45.1 Å². The number of hydrogen-bond donors (Lipinski definition) is 1. The van der Waals surface area contributed by atoms with E-state index >= 15 is 0 Å². The van der Waals surface area contributed by atoms with E-state index in [1.807, 2.05) is 28.8 Å². The van der Waals surface area contributed by atoms with Gasteiger partial charge in [0.1, 0.15) is 11.4 Å². The fourth-order valence-corrected chi connectivity index (χ4v) is 3.96. The SMILES string of the molecule is COc1cccc(N2CCC[n+]3c2[nH]c2c3c(=O)n(CCC(C)C)c(=O)n2C)c1. The summed E-state index contributed by atoms with van der Waals surface area (Å²) in [5.41, 5.74) is 1.59. The first-order valence-corrected chi connectivity index (χ1v) is 10.1. The summed E-state index contributed by atoms with van der Waals surface area (Å²) in [6.07, 6.45) is 1.68. The smallest absolute Gasteiger partial charge is 0.364 e. The highest BCUT2D eigenvalue weighted by Gasteiger charge is 2.33. The first-order chi connectivity index (χ1) is 13.9. The molecule has 0 atom stereocenters. The number of H-pyrrole nitrogens is 1. The Morgan fingerprint density at radius 1 is 1.28 bits per heavy atom. The molecule has 1 aliphatic rings. The van der Waals surface area contributed by atoms with Gasteiger partial charge < -0.3 is 4.74 Å². The van der Waals surface area contributed by atoms with Gasteiger partial charge in [0.2, 0.25) is 11.2 Å². The van der Waals surface area contributed by atoms with Crippen LogP contribution < -0.4 is 25.5 Å². The Bertz CT molecular complexity index is 1170. The number of fused-ring (bicyclic) bond motifs is 3. The van der Waals surface area contributed by atoms with Crippen LogP contribution in [0.1, 0.15) is 26.7 Å². The van der Waals surface area contributed by atoms with E-state index in [1.165, 1.54) is 4.57 Å². The molecule has 29 heavy (non-hydrogen) atoms. The van der Waals surface area contributed by atoms with Gasteiger partial charge in [-0.3, -0.25) is 13.9 Å². The monoisotopic (exact) mass is 398 g/mol. The molecule has 0 radical (unpaired) electrons. The van der Waals surface area contributed by atoms with E-state index in [9.17, 15) is 9.59 Å². The summed E-state index contributed by atoms with van der Waals surface area (Å²) in [4.78, 5) is 31.6. The first-order valence-electron chi connectivity index (χ1n) is 10.1. The van der Waals surface area contributed by atoms with Crippen molar-refractivity contribution in [2.24, 2.45) is 13.0 Å². The highest BCUT2D eigenvalue weighted by molar-refractivity contribution is 5.70. The van der Waals surface area contributed by atoms with Gasteiger partial charge in [0.15, 0.2) is 0 Å². The van der Waals surface area contributed by atoms with Crippen LogP contribution in [0.15, 0.2) is 33.9 Å². The summed E-state index contributed by atoms with van der Waals surface area (Å²) >= 11 is 0. The maximum Gasteiger partial charge on any atom is 0.364 e. The van der Waals surface area contributed by atoms with Crippen molar-refractivity contribution in [3.8, 4) is 5.75 Å². The number of hydrogen-bond acceptors (Lipinski definition) is 4. The van der Waals surface area contributed by atoms with Gasteiger partial charge in [-0.1, -0.05) is 19.9 Å². The number of methoxy groups -OCH3 is 1. The molecular formula is C21H28N5O3+. The summed E-state index contributed by atoms with van der Waals surface area (Å²) in [6.45, 7) is 6.15. The number of aromatic nitrogens is 4. The Morgan fingerprint density at radius 3 is 2.79 bits per heavy atom. The van der Waals surface area contributed by atoms with Crippen LogP contribution in [0, 0.1) is 5.92 Å². The molecule has 154 valence electrons. The molecule has 0 spiro atoms. The summed E-state index contributed by atoms with van der Waals surface area (Å²) < 4.78 is 10.3. The Kier molecular flexibility index (Phi) is 4.94. The van der Waals surface area contributed by atoms with Gasteiger partial charge in [-0.15, -0.1) is 0 Å². The molecule has 0 bridgehead atoms. The van der Waals surface area contributed by atoms with E-state index in [2.05, 4.69) is 23.7 Å². The molecule has 0 saturated carbocycles. The van der Waals surface area contributed by atoms with Crippen molar-refractivity contribution < 1.29 is 9.30 Å². The molecule has 0 amide bonds. The summed E-state index contributed by atoms with van der Waals surface area (Å²) in [7, 11) is 3.36. The van der Waals surface area contributed by atoms with E-state index in [0.717, 1.165) is 43.3 Å². The lowest BCUT2D eigenvalue weighted by Gasteiger charge is -2.22. The number of imidazole rings is 1. The van der Waals surface area contributed by atoms with Crippen LogP contribution >= 0.6 is 0 Å². The van der Waals surface area contributed by atoms with Crippen LogP contribution in [-0.4, -0.2) is 27.8 Å². The van der Waals surface area contributed by atoms with Crippen LogP contribution in [0.25, 0.3) is 11.2 Å². The number of rotatable bonds is 5. The van der Waals surface area contributed by atoms with Gasteiger partial charge in [-0.25, -0.2) is 19.2 Å². The minimum absolute atomic E-state index is 0.223. The molecule has 2 aromatic heterocycles. The normalized spacial score (nSPS) is 13.9. The van der Waals surface area contributed by atoms with Crippen LogP contribution in [0.3, 0.4) is 0 Å². The van der Waals surface area contributed by atoms with Gasteiger partial charge in [0, 0.05) is 26.1 Å². The fourth-order valence-electron chi connectivity index (χ4n) is 3.96. The molecule has 4 rings (SSSR count). The second-order valence-corrected chi connectivity index (χ2v) is 7.99. The third-order valence-electron chi connectivity index (χ3n) is 5.60. The standard InChI is InChI=1S/C21H27N5O3/c1-14(2)9-12-26-19(27)17-18(23(3)21(26)28)22-20-24(10-6-11-25(17)20)15-7-5-8-16(13-15)29-4/h5,7-8,13-14H,6,9-12H2,1-4H3/p+1. The average molecular weight is 398 g/mol. The van der Waals surface area contributed by atoms with Crippen LogP contribution in [-0.2, 0) is 20.1 Å². The van der Waals surface area contributed by atoms with Crippen molar-refractivity contribution in [3.63, 3.8) is 0 Å². The topological polar surface area (TPSA) is 76.1 Å². The number of anilines is 2. The molecule has 1 N–H and O–H groups in total. The van der Waals surface area contributed by atoms with Gasteiger partial charge in [-0.2, -0.15) is 0 Å². The quantitative estimate of drug-likeness (QED) is 0.666. The van der Waals surface area contributed by atoms with Crippen molar-refractivity contribution in [1.29, 1.82) is 0 Å². The summed E-state index contributed by atoms with van der Waals surface area (Å²) in [5.74, 6) is 2.01. The van der Waals surface area contributed by atoms with Crippen LogP contribution in [0.4, 0.5) is 11.6 Å². The lowest BCUT2D eigenvalue weighted by Crippen LogP contribution is -2.49. The maximum atomic E-state index is 13.3. The Hall–Kier alpha value is -3.03. The fraction of sp³-hybridized carbons (Fsp3) is 0.476. The Balaban J connectivity index is 1.90. The number of benzene rings is 1. The number of aryl methyl sites for hydroxylation is 2. The van der Waals surface area contributed by atoms with Crippen molar-refractivity contribution >= 4 is 22.8 Å². The van der Waals surface area contributed by atoms with Crippen molar-refractivity contribution in [2.75, 3.05) is 18.6 Å². The summed E-state index contributed by atoms with van der Waals surface area (Å²) in [5, 5.41) is 0. The Labute approximate surface area is 169 Å². The largest absolute Gasteiger partial charge is 0.497 e. The summed E-state index contributed by atoms with van der Waals surface area (Å²) in [6, 6.07) is 7.85. The minimum atomic E-state index is -0.282. The Morgan fingerprint density at radius 2 is 2.07 bits per heavy atom. The molecule has 1 aromatic carbocycles. The predicted molar refractivity (Wildman–Crippen MR) is 112 cm³/mol.